The van der Waals surface area contributed by atoms with Gasteiger partial charge in [-0.3, -0.25) is 9.59 Å². The number of likely N-dealkylation sites (N-methyl/N-ethyl adjacent to an activating group) is 1. The minimum Gasteiger partial charge on any atom is -0.333 e. The molecule has 0 radical (unpaired) electrons. The van der Waals surface area contributed by atoms with Gasteiger partial charge in [0, 0.05) is 20.0 Å². The summed E-state index contributed by atoms with van der Waals surface area (Å²) in [5, 5.41) is 0. The van der Waals surface area contributed by atoms with Crippen LogP contribution in [0.1, 0.15) is 12.8 Å². The molecule has 1 heterocycles. The number of likely N-dealkylation sites (tertiary alicyclic amines) is 1. The van der Waals surface area contributed by atoms with Crippen LogP contribution in [0.4, 0.5) is 0 Å². The maximum Gasteiger partial charge on any atom is 0.245 e. The van der Waals surface area contributed by atoms with Crippen LogP contribution in [0.15, 0.2) is 12.8 Å². The Morgan fingerprint density at radius 1 is 1.77 bits per heavy atom. The highest BCUT2D eigenvalue weighted by molar-refractivity contribution is 5.86. The van der Waals surface area contributed by atoms with Gasteiger partial charge in [-0.1, -0.05) is 6.58 Å². The maximum atomic E-state index is 11.3. The summed E-state index contributed by atoms with van der Waals surface area (Å²) in [4.78, 5) is 25.5. The molecule has 1 fully saturated rings. The molecule has 0 unspecified atom stereocenters. The van der Waals surface area contributed by atoms with Gasteiger partial charge in [0.1, 0.15) is 6.54 Å². The van der Waals surface area contributed by atoms with Crippen molar-refractivity contribution in [1.82, 2.24) is 9.80 Å². The van der Waals surface area contributed by atoms with E-state index < -0.39 is 0 Å². The van der Waals surface area contributed by atoms with Crippen molar-refractivity contribution in [2.45, 2.75) is 12.8 Å². The van der Waals surface area contributed by atoms with E-state index in [4.69, 9.17) is 0 Å². The minimum absolute atomic E-state index is 0.0748. The number of carbonyl (C=O) groups is 2. The van der Waals surface area contributed by atoms with Crippen LogP contribution < -0.4 is 0 Å². The predicted molar refractivity (Wildman–Crippen MR) is 48.8 cm³/mol. The second-order valence-electron chi connectivity index (χ2n) is 3.11. The fraction of sp³-hybridized carbons (Fsp3) is 0.556. The summed E-state index contributed by atoms with van der Waals surface area (Å²) >= 11 is 0. The molecule has 2 amide bonds. The van der Waals surface area contributed by atoms with Crippen molar-refractivity contribution in [3.63, 3.8) is 0 Å². The molecule has 0 saturated carbocycles. The van der Waals surface area contributed by atoms with Gasteiger partial charge in [-0.15, -0.1) is 0 Å². The Kier molecular flexibility index (Phi) is 3.06. The van der Waals surface area contributed by atoms with Crippen LogP contribution in [0.5, 0.6) is 0 Å². The van der Waals surface area contributed by atoms with Crippen LogP contribution in [-0.2, 0) is 9.59 Å². The molecule has 72 valence electrons. The van der Waals surface area contributed by atoms with E-state index in [1.165, 1.54) is 11.1 Å². The Morgan fingerprint density at radius 2 is 2.46 bits per heavy atom. The third-order valence-electron chi connectivity index (χ3n) is 2.16. The lowest BCUT2D eigenvalue weighted by atomic mass is 10.4. The second kappa shape index (κ2) is 4.07. The summed E-state index contributed by atoms with van der Waals surface area (Å²) in [6.45, 7) is 4.36. The summed E-state index contributed by atoms with van der Waals surface area (Å²) in [6, 6.07) is 0. The van der Waals surface area contributed by atoms with Crippen molar-refractivity contribution < 1.29 is 9.59 Å². The molecule has 1 rings (SSSR count). The van der Waals surface area contributed by atoms with Crippen LogP contribution in [-0.4, -0.2) is 41.8 Å². The molecule has 0 N–H and O–H groups in total. The van der Waals surface area contributed by atoms with Crippen molar-refractivity contribution in [3.05, 3.63) is 12.8 Å². The molecule has 1 aliphatic rings. The van der Waals surface area contributed by atoms with Gasteiger partial charge < -0.3 is 9.80 Å². The highest BCUT2D eigenvalue weighted by Gasteiger charge is 2.22. The molecule has 1 aliphatic heterocycles. The third-order valence-corrected chi connectivity index (χ3v) is 2.16. The minimum atomic E-state index is -0.0924. The molecule has 0 aliphatic carbocycles. The van der Waals surface area contributed by atoms with Gasteiger partial charge in [-0.25, -0.2) is 0 Å². The van der Waals surface area contributed by atoms with Gasteiger partial charge in [0.05, 0.1) is 0 Å². The Hall–Kier alpha value is -1.32. The molecule has 0 aromatic carbocycles. The standard InChI is InChI=1S/C9H14N2O2/c1-3-10(2)9(13)7-11-6-4-5-8(11)12/h3H,1,4-7H2,2H3. The SMILES string of the molecule is C=CN(C)C(=O)CN1CCCC1=O. The lowest BCUT2D eigenvalue weighted by Crippen LogP contribution is -2.36. The van der Waals surface area contributed by atoms with Crippen molar-refractivity contribution in [1.29, 1.82) is 0 Å². The molecular weight excluding hydrogens is 168 g/mol. The molecule has 0 aromatic heterocycles. The molecular formula is C9H14N2O2. The van der Waals surface area contributed by atoms with E-state index in [0.29, 0.717) is 13.0 Å². The molecule has 0 aromatic rings. The quantitative estimate of drug-likeness (QED) is 0.626. The first-order valence-corrected chi connectivity index (χ1v) is 4.31. The summed E-state index contributed by atoms with van der Waals surface area (Å²) in [6.07, 6.45) is 2.89. The average Bonchev–Trinajstić information content (AvgIpc) is 2.50. The number of hydrogen-bond acceptors (Lipinski definition) is 2. The van der Waals surface area contributed by atoms with E-state index in [1.54, 1.807) is 11.9 Å². The Labute approximate surface area is 77.8 Å². The average molecular weight is 182 g/mol. The first kappa shape index (κ1) is 9.77. The fourth-order valence-electron chi connectivity index (χ4n) is 1.25. The highest BCUT2D eigenvalue weighted by Crippen LogP contribution is 2.09. The zero-order valence-corrected chi connectivity index (χ0v) is 7.82. The largest absolute Gasteiger partial charge is 0.333 e. The van der Waals surface area contributed by atoms with Crippen LogP contribution in [0.2, 0.25) is 0 Å². The number of rotatable bonds is 3. The van der Waals surface area contributed by atoms with Gasteiger partial charge >= 0.3 is 0 Å². The summed E-state index contributed by atoms with van der Waals surface area (Å²) in [5.74, 6) is -0.0175. The molecule has 0 spiro atoms. The van der Waals surface area contributed by atoms with Gasteiger partial charge in [-0.2, -0.15) is 0 Å². The normalized spacial score (nSPS) is 16.1. The monoisotopic (exact) mass is 182 g/mol. The summed E-state index contributed by atoms with van der Waals surface area (Å²) in [5.41, 5.74) is 0. The maximum absolute atomic E-state index is 11.3. The number of carbonyl (C=O) groups excluding carboxylic acids is 2. The van der Waals surface area contributed by atoms with Gasteiger partial charge in [0.2, 0.25) is 11.8 Å². The smallest absolute Gasteiger partial charge is 0.245 e. The van der Waals surface area contributed by atoms with Gasteiger partial charge in [-0.05, 0) is 12.6 Å². The predicted octanol–water partition coefficient (Wildman–Crippen LogP) is 0.211. The van der Waals surface area contributed by atoms with Crippen LogP contribution in [0, 0.1) is 0 Å². The van der Waals surface area contributed by atoms with E-state index in [2.05, 4.69) is 6.58 Å². The lowest BCUT2D eigenvalue weighted by Gasteiger charge is -2.18. The molecule has 4 heteroatoms. The summed E-state index contributed by atoms with van der Waals surface area (Å²) < 4.78 is 0. The van der Waals surface area contributed by atoms with E-state index in [0.717, 1.165) is 6.42 Å². The third kappa shape index (κ3) is 2.31. The summed E-state index contributed by atoms with van der Waals surface area (Å²) in [7, 11) is 1.63. The number of hydrogen-bond donors (Lipinski definition) is 0. The van der Waals surface area contributed by atoms with E-state index in [1.807, 2.05) is 0 Å². The van der Waals surface area contributed by atoms with Gasteiger partial charge in [0.15, 0.2) is 0 Å². The molecule has 1 saturated heterocycles. The Morgan fingerprint density at radius 3 is 2.92 bits per heavy atom. The van der Waals surface area contributed by atoms with Crippen LogP contribution in [0.3, 0.4) is 0 Å². The van der Waals surface area contributed by atoms with E-state index in [-0.39, 0.29) is 18.4 Å². The van der Waals surface area contributed by atoms with Gasteiger partial charge in [0.25, 0.3) is 0 Å². The molecule has 13 heavy (non-hydrogen) atoms. The second-order valence-corrected chi connectivity index (χ2v) is 3.11. The first-order chi connectivity index (χ1) is 6.15. The molecule has 0 bridgehead atoms. The zero-order valence-electron chi connectivity index (χ0n) is 7.82. The van der Waals surface area contributed by atoms with Crippen LogP contribution in [0.25, 0.3) is 0 Å². The fourth-order valence-corrected chi connectivity index (χ4v) is 1.25. The van der Waals surface area contributed by atoms with E-state index in [9.17, 15) is 9.59 Å². The zero-order chi connectivity index (χ0) is 9.84. The number of amides is 2. The number of nitrogens with zero attached hydrogens (tertiary/aromatic N) is 2. The van der Waals surface area contributed by atoms with E-state index >= 15 is 0 Å². The van der Waals surface area contributed by atoms with Crippen molar-refractivity contribution in [2.75, 3.05) is 20.1 Å². The van der Waals surface area contributed by atoms with Crippen LogP contribution >= 0.6 is 0 Å². The lowest BCUT2D eigenvalue weighted by molar-refractivity contribution is -0.136. The van der Waals surface area contributed by atoms with Crippen molar-refractivity contribution in [2.24, 2.45) is 0 Å². The Bertz CT molecular complexity index is 238. The molecule has 4 nitrogen and oxygen atoms in total. The van der Waals surface area contributed by atoms with Crippen molar-refractivity contribution >= 4 is 11.8 Å². The highest BCUT2D eigenvalue weighted by atomic mass is 16.2. The van der Waals surface area contributed by atoms with Crippen molar-refractivity contribution in [3.8, 4) is 0 Å². The Balaban J connectivity index is 2.44. The molecule has 0 atom stereocenters. The topological polar surface area (TPSA) is 40.6 Å². The first-order valence-electron chi connectivity index (χ1n) is 4.31.